The Morgan fingerprint density at radius 3 is 2.74 bits per heavy atom. The summed E-state index contributed by atoms with van der Waals surface area (Å²) >= 11 is 0. The molecule has 0 spiro atoms. The number of rotatable bonds is 3. The number of carbonyl (C=O) groups excluding carboxylic acids is 1. The van der Waals surface area contributed by atoms with Gasteiger partial charge in [0.25, 0.3) is 0 Å². The molecule has 3 rings (SSSR count). The van der Waals surface area contributed by atoms with Crippen molar-refractivity contribution in [1.82, 2.24) is 15.0 Å². The number of aromatic nitrogens is 3. The second-order valence-corrected chi connectivity index (χ2v) is 4.72. The van der Waals surface area contributed by atoms with E-state index in [-0.39, 0.29) is 22.8 Å². The van der Waals surface area contributed by atoms with Crippen LogP contribution in [0.2, 0.25) is 0 Å². The van der Waals surface area contributed by atoms with Crippen molar-refractivity contribution in [3.05, 3.63) is 53.6 Å². The van der Waals surface area contributed by atoms with Crippen molar-refractivity contribution >= 4 is 17.1 Å². The number of halogens is 1. The Kier molecular flexibility index (Phi) is 3.84. The number of esters is 1. The lowest BCUT2D eigenvalue weighted by molar-refractivity contribution is 0.0599. The van der Waals surface area contributed by atoms with Gasteiger partial charge in [0.15, 0.2) is 5.65 Å². The average Bonchev–Trinajstić information content (AvgIpc) is 2.58. The normalized spacial score (nSPS) is 10.6. The first-order chi connectivity index (χ1) is 11.1. The predicted molar refractivity (Wildman–Crippen MR) is 79.9 cm³/mol. The van der Waals surface area contributed by atoms with Gasteiger partial charge < -0.3 is 9.47 Å². The van der Waals surface area contributed by atoms with Crippen LogP contribution in [-0.4, -0.2) is 28.0 Å². The van der Waals surface area contributed by atoms with E-state index in [1.165, 1.54) is 19.4 Å². The lowest BCUT2D eigenvalue weighted by atomic mass is 10.1. The fourth-order valence-electron chi connectivity index (χ4n) is 2.00. The summed E-state index contributed by atoms with van der Waals surface area (Å²) < 4.78 is 24.2. The number of ether oxygens (including phenoxy) is 2. The molecule has 7 heteroatoms. The third-order valence-corrected chi connectivity index (χ3v) is 3.24. The predicted octanol–water partition coefficient (Wildman–Crippen LogP) is 3.05. The minimum Gasteiger partial charge on any atom is -0.465 e. The summed E-state index contributed by atoms with van der Waals surface area (Å²) in [6.45, 7) is 1.55. The van der Waals surface area contributed by atoms with Crippen LogP contribution in [0.15, 0.2) is 36.7 Å². The molecule has 0 aliphatic carbocycles. The Bertz CT molecular complexity index is 899. The van der Waals surface area contributed by atoms with E-state index >= 15 is 0 Å². The van der Waals surface area contributed by atoms with Crippen molar-refractivity contribution in [1.29, 1.82) is 0 Å². The molecular formula is C16H12FN3O3. The largest absolute Gasteiger partial charge is 0.465 e. The summed E-state index contributed by atoms with van der Waals surface area (Å²) in [6.07, 6.45) is 3.08. The molecule has 0 unspecified atom stereocenters. The molecule has 0 saturated carbocycles. The maximum absolute atomic E-state index is 14.0. The van der Waals surface area contributed by atoms with E-state index in [9.17, 15) is 9.18 Å². The van der Waals surface area contributed by atoms with Crippen LogP contribution in [0, 0.1) is 12.7 Å². The fourth-order valence-corrected chi connectivity index (χ4v) is 2.00. The Balaban J connectivity index is 2.00. The monoisotopic (exact) mass is 313 g/mol. The first-order valence-corrected chi connectivity index (χ1v) is 6.72. The van der Waals surface area contributed by atoms with E-state index < -0.39 is 11.8 Å². The summed E-state index contributed by atoms with van der Waals surface area (Å²) in [7, 11) is 1.23. The van der Waals surface area contributed by atoms with E-state index in [1.807, 2.05) is 0 Å². The molecule has 0 aliphatic heterocycles. The Hall–Kier alpha value is -3.09. The number of hydrogen-bond donors (Lipinski definition) is 0. The fraction of sp³-hybridized carbons (Fsp3) is 0.125. The summed E-state index contributed by atoms with van der Waals surface area (Å²) in [5.41, 5.74) is 1.35. The van der Waals surface area contributed by atoms with Gasteiger partial charge in [0.05, 0.1) is 12.7 Å². The molecule has 0 fully saturated rings. The van der Waals surface area contributed by atoms with Crippen LogP contribution < -0.4 is 4.74 Å². The molecule has 0 amide bonds. The van der Waals surface area contributed by atoms with E-state index in [0.717, 1.165) is 6.07 Å². The maximum atomic E-state index is 14.0. The molecule has 0 aliphatic rings. The van der Waals surface area contributed by atoms with Crippen molar-refractivity contribution in [2.75, 3.05) is 7.11 Å². The first-order valence-electron chi connectivity index (χ1n) is 6.72. The van der Waals surface area contributed by atoms with Gasteiger partial charge in [-0.25, -0.2) is 14.2 Å². The number of fused-ring (bicyclic) bond motifs is 1. The Labute approximate surface area is 130 Å². The van der Waals surface area contributed by atoms with Crippen LogP contribution in [0.4, 0.5) is 4.39 Å². The van der Waals surface area contributed by atoms with Crippen LogP contribution in [-0.2, 0) is 4.74 Å². The van der Waals surface area contributed by atoms with E-state index in [1.54, 1.807) is 25.3 Å². The van der Waals surface area contributed by atoms with Gasteiger partial charge in [-0.3, -0.25) is 4.98 Å². The molecule has 2 aromatic heterocycles. The van der Waals surface area contributed by atoms with Crippen LogP contribution in [0.5, 0.6) is 11.6 Å². The number of benzene rings is 1. The smallest absolute Gasteiger partial charge is 0.338 e. The van der Waals surface area contributed by atoms with Crippen molar-refractivity contribution in [3.63, 3.8) is 0 Å². The molecular weight excluding hydrogens is 301 g/mol. The van der Waals surface area contributed by atoms with Gasteiger partial charge in [-0.05, 0) is 25.1 Å². The second kappa shape index (κ2) is 5.96. The molecule has 1 aromatic carbocycles. The van der Waals surface area contributed by atoms with Gasteiger partial charge in [0, 0.05) is 24.0 Å². The number of carbonyl (C=O) groups is 1. The van der Waals surface area contributed by atoms with E-state index in [2.05, 4.69) is 19.7 Å². The molecule has 0 saturated heterocycles. The molecule has 0 radical (unpaired) electrons. The highest BCUT2D eigenvalue weighted by Gasteiger charge is 2.15. The number of pyridine rings is 1. The van der Waals surface area contributed by atoms with Gasteiger partial charge >= 0.3 is 5.97 Å². The minimum atomic E-state index is -0.647. The summed E-state index contributed by atoms with van der Waals surface area (Å²) in [4.78, 5) is 24.0. The van der Waals surface area contributed by atoms with Crippen molar-refractivity contribution < 1.29 is 18.7 Å². The molecule has 116 valence electrons. The van der Waals surface area contributed by atoms with Crippen molar-refractivity contribution in [2.45, 2.75) is 6.92 Å². The van der Waals surface area contributed by atoms with Crippen LogP contribution >= 0.6 is 0 Å². The van der Waals surface area contributed by atoms with Crippen molar-refractivity contribution in [2.24, 2.45) is 0 Å². The lowest BCUT2D eigenvalue weighted by Crippen LogP contribution is -2.04. The topological polar surface area (TPSA) is 74.2 Å². The third kappa shape index (κ3) is 2.94. The van der Waals surface area contributed by atoms with Crippen LogP contribution in [0.3, 0.4) is 0 Å². The second-order valence-electron chi connectivity index (χ2n) is 4.72. The zero-order valence-corrected chi connectivity index (χ0v) is 12.4. The maximum Gasteiger partial charge on any atom is 0.338 e. The van der Waals surface area contributed by atoms with E-state index in [0.29, 0.717) is 11.2 Å². The summed E-state index contributed by atoms with van der Waals surface area (Å²) in [5, 5.41) is 0. The summed E-state index contributed by atoms with van der Waals surface area (Å²) in [5.74, 6) is -0.807. The van der Waals surface area contributed by atoms with Gasteiger partial charge in [0.1, 0.15) is 17.1 Å². The van der Waals surface area contributed by atoms with E-state index in [4.69, 9.17) is 4.74 Å². The van der Waals surface area contributed by atoms with Gasteiger partial charge in [-0.15, -0.1) is 0 Å². The number of methoxy groups -OCH3 is 1. The molecule has 23 heavy (non-hydrogen) atoms. The average molecular weight is 313 g/mol. The van der Waals surface area contributed by atoms with Gasteiger partial charge in [-0.1, -0.05) is 0 Å². The highest BCUT2D eigenvalue weighted by Crippen LogP contribution is 2.28. The van der Waals surface area contributed by atoms with Crippen molar-refractivity contribution in [3.8, 4) is 11.6 Å². The standard InChI is InChI=1S/C16H12FN3O3/c1-9-11(17)7-10(16(21)22-2)8-13(9)23-14-4-3-12-15(20-14)19-6-5-18-12/h3-8H,1-2H3. The van der Waals surface area contributed by atoms with Crippen LogP contribution in [0.25, 0.3) is 11.2 Å². The van der Waals surface area contributed by atoms with Gasteiger partial charge in [-0.2, -0.15) is 4.98 Å². The third-order valence-electron chi connectivity index (χ3n) is 3.24. The number of hydrogen-bond acceptors (Lipinski definition) is 6. The molecule has 0 N–H and O–H groups in total. The Morgan fingerprint density at radius 2 is 1.96 bits per heavy atom. The van der Waals surface area contributed by atoms with Gasteiger partial charge in [0.2, 0.25) is 5.88 Å². The highest BCUT2D eigenvalue weighted by atomic mass is 19.1. The molecule has 2 heterocycles. The molecule has 6 nitrogen and oxygen atoms in total. The highest BCUT2D eigenvalue weighted by molar-refractivity contribution is 5.90. The quantitative estimate of drug-likeness (QED) is 0.692. The molecule has 0 atom stereocenters. The molecule has 3 aromatic rings. The lowest BCUT2D eigenvalue weighted by Gasteiger charge is -2.10. The first kappa shape index (κ1) is 14.8. The Morgan fingerprint density at radius 1 is 1.17 bits per heavy atom. The SMILES string of the molecule is COC(=O)c1cc(F)c(C)c(Oc2ccc3nccnc3n2)c1. The molecule has 0 bridgehead atoms. The number of nitrogens with zero attached hydrogens (tertiary/aromatic N) is 3. The van der Waals surface area contributed by atoms with Crippen LogP contribution in [0.1, 0.15) is 15.9 Å². The zero-order chi connectivity index (χ0) is 16.4. The summed E-state index contributed by atoms with van der Waals surface area (Å²) in [6, 6.07) is 5.81. The zero-order valence-electron chi connectivity index (χ0n) is 12.4. The minimum absolute atomic E-state index is 0.0613.